The van der Waals surface area contributed by atoms with Crippen LogP contribution < -0.4 is 15.5 Å². The maximum atomic E-state index is 12.3. The van der Waals surface area contributed by atoms with Crippen molar-refractivity contribution >= 4 is 23.5 Å². The van der Waals surface area contributed by atoms with Gasteiger partial charge in [-0.25, -0.2) is 0 Å². The maximum Gasteiger partial charge on any atom is 0.312 e. The largest absolute Gasteiger partial charge is 0.469 e. The number of ether oxygens (including phenoxy) is 1. The van der Waals surface area contributed by atoms with Crippen molar-refractivity contribution in [2.24, 2.45) is 0 Å². The second-order valence-electron chi connectivity index (χ2n) is 6.53. The zero-order valence-electron chi connectivity index (χ0n) is 14.9. The lowest BCUT2D eigenvalue weighted by molar-refractivity contribution is -0.909. The Bertz CT molecular complexity index is 628. The molecule has 0 radical (unpaired) electrons. The Morgan fingerprint density at radius 1 is 1.32 bits per heavy atom. The molecule has 0 spiro atoms. The number of anilines is 1. The molecule has 1 aliphatic heterocycles. The second-order valence-corrected chi connectivity index (χ2v) is 6.53. The molecule has 7 nitrogen and oxygen atoms in total. The number of nitrogens with one attached hydrogen (secondary N) is 3. The van der Waals surface area contributed by atoms with Crippen LogP contribution in [0.4, 0.5) is 5.69 Å². The number of carbonyl (C=O) groups excluding carboxylic acids is 3. The summed E-state index contributed by atoms with van der Waals surface area (Å²) < 4.78 is 4.65. The fraction of sp³-hybridized carbons (Fsp3) is 0.500. The zero-order valence-corrected chi connectivity index (χ0v) is 14.9. The van der Waals surface area contributed by atoms with Gasteiger partial charge in [0.2, 0.25) is 0 Å². The maximum absolute atomic E-state index is 12.3. The third-order valence-electron chi connectivity index (χ3n) is 4.40. The van der Waals surface area contributed by atoms with Crippen LogP contribution in [0.1, 0.15) is 31.7 Å². The summed E-state index contributed by atoms with van der Waals surface area (Å²) in [5, 5.41) is 5.58. The molecule has 25 heavy (non-hydrogen) atoms. The Morgan fingerprint density at radius 3 is 2.60 bits per heavy atom. The van der Waals surface area contributed by atoms with Gasteiger partial charge in [0.1, 0.15) is 6.42 Å². The van der Waals surface area contributed by atoms with Crippen LogP contribution in [0.5, 0.6) is 0 Å². The lowest BCUT2D eigenvalue weighted by Crippen LogP contribution is -3.20. The standard InChI is InChI=1S/C18H25N3O4/c1-12(2)13-4-6-14(7-5-13)20-16(22)11-21-9-8-19-18(24)15(21)10-17(23)25-3/h4-7,12,15H,8-11H2,1-3H3,(H,19,24)(H,20,22)/p+1/t15-/m1/s1. The predicted octanol–water partition coefficient (Wildman–Crippen LogP) is -0.305. The summed E-state index contributed by atoms with van der Waals surface area (Å²) in [7, 11) is 1.29. The van der Waals surface area contributed by atoms with Crippen molar-refractivity contribution < 1.29 is 24.0 Å². The van der Waals surface area contributed by atoms with Gasteiger partial charge in [0, 0.05) is 5.69 Å². The Kier molecular flexibility index (Phi) is 6.52. The molecule has 1 aliphatic rings. The third-order valence-corrected chi connectivity index (χ3v) is 4.40. The van der Waals surface area contributed by atoms with Gasteiger partial charge in [-0.15, -0.1) is 0 Å². The fourth-order valence-corrected chi connectivity index (χ4v) is 2.89. The monoisotopic (exact) mass is 348 g/mol. The highest BCUT2D eigenvalue weighted by molar-refractivity contribution is 5.92. The molecule has 1 unspecified atom stereocenters. The van der Waals surface area contributed by atoms with Gasteiger partial charge in [-0.05, 0) is 23.6 Å². The molecular formula is C18H26N3O4+. The highest BCUT2D eigenvalue weighted by atomic mass is 16.5. The van der Waals surface area contributed by atoms with Crippen molar-refractivity contribution in [2.75, 3.05) is 32.1 Å². The minimum absolute atomic E-state index is 0.0337. The van der Waals surface area contributed by atoms with Crippen LogP contribution in [0.3, 0.4) is 0 Å². The molecule has 7 heteroatoms. The fourth-order valence-electron chi connectivity index (χ4n) is 2.89. The van der Waals surface area contributed by atoms with Gasteiger partial charge in [0.15, 0.2) is 12.6 Å². The highest BCUT2D eigenvalue weighted by Crippen LogP contribution is 2.16. The number of carbonyl (C=O) groups is 3. The molecule has 1 fully saturated rings. The molecule has 1 aromatic rings. The van der Waals surface area contributed by atoms with E-state index in [4.69, 9.17) is 0 Å². The first-order valence-corrected chi connectivity index (χ1v) is 8.49. The van der Waals surface area contributed by atoms with Crippen LogP contribution in [0.15, 0.2) is 24.3 Å². The summed E-state index contributed by atoms with van der Waals surface area (Å²) in [4.78, 5) is 36.6. The smallest absolute Gasteiger partial charge is 0.312 e. The van der Waals surface area contributed by atoms with E-state index in [0.29, 0.717) is 19.0 Å². The van der Waals surface area contributed by atoms with Crippen LogP contribution >= 0.6 is 0 Å². The summed E-state index contributed by atoms with van der Waals surface area (Å²) in [6, 6.07) is 7.12. The average molecular weight is 348 g/mol. The van der Waals surface area contributed by atoms with Crippen LogP contribution in [0, 0.1) is 0 Å². The Morgan fingerprint density at radius 2 is 2.00 bits per heavy atom. The van der Waals surface area contributed by atoms with Crippen LogP contribution in [-0.2, 0) is 19.1 Å². The summed E-state index contributed by atoms with van der Waals surface area (Å²) in [5.41, 5.74) is 1.93. The van der Waals surface area contributed by atoms with Gasteiger partial charge in [-0.2, -0.15) is 0 Å². The Hall–Kier alpha value is -2.41. The predicted molar refractivity (Wildman–Crippen MR) is 93.3 cm³/mol. The topological polar surface area (TPSA) is 88.9 Å². The number of amides is 2. The van der Waals surface area contributed by atoms with Gasteiger partial charge in [-0.3, -0.25) is 14.4 Å². The first kappa shape index (κ1) is 18.9. The second kappa shape index (κ2) is 8.62. The van der Waals surface area contributed by atoms with Gasteiger partial charge in [-0.1, -0.05) is 26.0 Å². The quantitative estimate of drug-likeness (QED) is 0.616. The van der Waals surface area contributed by atoms with Crippen molar-refractivity contribution in [3.63, 3.8) is 0 Å². The SMILES string of the molecule is COC(=O)C[C@@H]1C(=O)NCC[NH+]1CC(=O)Nc1ccc(C(C)C)cc1. The van der Waals surface area contributed by atoms with E-state index in [-0.39, 0.29) is 24.8 Å². The molecule has 2 rings (SSSR count). The zero-order chi connectivity index (χ0) is 18.4. The number of benzene rings is 1. The summed E-state index contributed by atoms with van der Waals surface area (Å²) in [6.07, 6.45) is -0.0337. The first-order valence-electron chi connectivity index (χ1n) is 8.49. The van der Waals surface area contributed by atoms with Crippen LogP contribution in [0.25, 0.3) is 0 Å². The van der Waals surface area contributed by atoms with E-state index in [2.05, 4.69) is 29.2 Å². The number of rotatable bonds is 6. The van der Waals surface area contributed by atoms with E-state index < -0.39 is 12.0 Å². The average Bonchev–Trinajstić information content (AvgIpc) is 2.58. The summed E-state index contributed by atoms with van der Waals surface area (Å²) in [5.74, 6) is -0.429. The molecule has 0 aromatic heterocycles. The number of quaternary nitrogens is 1. The number of hydrogen-bond donors (Lipinski definition) is 3. The van der Waals surface area contributed by atoms with E-state index in [1.165, 1.54) is 12.7 Å². The van der Waals surface area contributed by atoms with E-state index in [9.17, 15) is 14.4 Å². The molecule has 136 valence electrons. The number of piperazine rings is 1. The minimum Gasteiger partial charge on any atom is -0.469 e. The molecule has 0 bridgehead atoms. The van der Waals surface area contributed by atoms with Crippen molar-refractivity contribution in [1.82, 2.24) is 5.32 Å². The van der Waals surface area contributed by atoms with E-state index >= 15 is 0 Å². The molecule has 0 aliphatic carbocycles. The van der Waals surface area contributed by atoms with Crippen LogP contribution in [-0.4, -0.2) is 50.6 Å². The molecule has 1 saturated heterocycles. The molecule has 0 saturated carbocycles. The van der Waals surface area contributed by atoms with Gasteiger partial charge >= 0.3 is 5.97 Å². The highest BCUT2D eigenvalue weighted by Gasteiger charge is 2.36. The van der Waals surface area contributed by atoms with E-state index in [0.717, 1.165) is 10.6 Å². The van der Waals surface area contributed by atoms with Crippen LogP contribution in [0.2, 0.25) is 0 Å². The summed E-state index contributed by atoms with van der Waals surface area (Å²) in [6.45, 7) is 5.43. The van der Waals surface area contributed by atoms with Crippen molar-refractivity contribution in [3.8, 4) is 0 Å². The van der Waals surface area contributed by atoms with Gasteiger partial charge in [0.25, 0.3) is 11.8 Å². The summed E-state index contributed by atoms with van der Waals surface area (Å²) >= 11 is 0. The molecule has 3 N–H and O–H groups in total. The molecule has 2 atom stereocenters. The number of methoxy groups -OCH3 is 1. The third kappa shape index (κ3) is 5.29. The van der Waals surface area contributed by atoms with Gasteiger partial charge in [0.05, 0.1) is 20.2 Å². The lowest BCUT2D eigenvalue weighted by atomic mass is 10.0. The molecular weight excluding hydrogens is 322 g/mol. The minimum atomic E-state index is -0.602. The molecule has 1 heterocycles. The van der Waals surface area contributed by atoms with Gasteiger partial charge < -0.3 is 20.3 Å². The van der Waals surface area contributed by atoms with E-state index in [1.807, 2.05) is 24.3 Å². The lowest BCUT2D eigenvalue weighted by Gasteiger charge is -2.30. The Labute approximate surface area is 147 Å². The first-order chi connectivity index (χ1) is 11.9. The Balaban J connectivity index is 1.97. The molecule has 2 amide bonds. The van der Waals surface area contributed by atoms with E-state index in [1.54, 1.807) is 0 Å². The van der Waals surface area contributed by atoms with Crippen molar-refractivity contribution in [2.45, 2.75) is 32.2 Å². The number of hydrogen-bond acceptors (Lipinski definition) is 4. The van der Waals surface area contributed by atoms with Crippen molar-refractivity contribution in [1.29, 1.82) is 0 Å². The normalized spacial score (nSPS) is 20.1. The number of esters is 1. The molecule has 1 aromatic carbocycles. The van der Waals surface area contributed by atoms with Crippen molar-refractivity contribution in [3.05, 3.63) is 29.8 Å².